The van der Waals surface area contributed by atoms with Gasteiger partial charge in [-0.15, -0.1) is 0 Å². The fourth-order valence-electron chi connectivity index (χ4n) is 7.26. The van der Waals surface area contributed by atoms with Gasteiger partial charge in [-0.2, -0.15) is 0 Å². The monoisotopic (exact) mass is 926 g/mol. The summed E-state index contributed by atoms with van der Waals surface area (Å²) in [6.07, 6.45) is 44.7. The number of nitrogens with one attached hydrogen (secondary N) is 1. The minimum absolute atomic E-state index is 0.0870. The Bertz CT molecular complexity index is 1430. The van der Waals surface area contributed by atoms with Gasteiger partial charge in [-0.25, -0.2) is 0 Å². The number of hydrogen-bond donors (Lipinski definition) is 6. The van der Waals surface area contributed by atoms with Crippen molar-refractivity contribution in [3.63, 3.8) is 0 Å². The maximum atomic E-state index is 13.3. The van der Waals surface area contributed by atoms with Crippen molar-refractivity contribution >= 4 is 11.9 Å². The highest BCUT2D eigenvalue weighted by Gasteiger charge is 2.47. The van der Waals surface area contributed by atoms with E-state index in [0.29, 0.717) is 12.8 Å². The molecule has 0 aromatic rings. The zero-order valence-electron chi connectivity index (χ0n) is 41.0. The van der Waals surface area contributed by atoms with E-state index in [1.54, 1.807) is 6.08 Å². The molecule has 11 nitrogen and oxygen atoms in total. The number of amides is 1. The van der Waals surface area contributed by atoms with E-state index in [1.807, 2.05) is 48.6 Å². The van der Waals surface area contributed by atoms with Crippen molar-refractivity contribution in [3.05, 3.63) is 97.2 Å². The van der Waals surface area contributed by atoms with E-state index in [9.17, 15) is 35.1 Å². The lowest BCUT2D eigenvalue weighted by Gasteiger charge is -2.41. The largest absolute Gasteiger partial charge is 0.454 e. The van der Waals surface area contributed by atoms with Crippen LogP contribution in [0.5, 0.6) is 0 Å². The molecule has 0 radical (unpaired) electrons. The summed E-state index contributed by atoms with van der Waals surface area (Å²) in [5.74, 6) is -1.27. The molecule has 1 aliphatic heterocycles. The summed E-state index contributed by atoms with van der Waals surface area (Å²) in [5.41, 5.74) is 0. The Labute approximate surface area is 399 Å². The van der Waals surface area contributed by atoms with Gasteiger partial charge in [0.15, 0.2) is 12.4 Å². The standard InChI is InChI=1S/C55H91NO10/c1-4-7-10-13-16-19-22-24-25-28-31-34-37-40-43-50(60)66-53-52(62)51(61)49(44-57)65-55(53)64-45-46(47(58)41-38-35-32-29-26-21-18-15-12-9-6-3)56-54(63)48(59)42-39-36-33-30-27-23-20-17-14-11-8-5-2/h7-8,10-11,14,16-17,19-20,23-25,27,30,38,41,46-49,51-53,55,57-59,61-62H,4-6,9,12-13,15,18,21-22,26,28-29,31-37,39-40,42-45H2,1-3H3,(H,56,63)/b10-7+,11-8+,17-14+,19-16+,23-20-,25-24+,30-27-,41-38+. The van der Waals surface area contributed by atoms with Gasteiger partial charge in [0, 0.05) is 6.42 Å². The summed E-state index contributed by atoms with van der Waals surface area (Å²) >= 11 is 0. The number of aliphatic hydroxyl groups excluding tert-OH is 5. The molecule has 11 heteroatoms. The molecule has 0 bridgehead atoms. The van der Waals surface area contributed by atoms with Crippen LogP contribution >= 0.6 is 0 Å². The first-order chi connectivity index (χ1) is 32.2. The maximum absolute atomic E-state index is 13.3. The molecule has 0 aromatic heterocycles. The highest BCUT2D eigenvalue weighted by atomic mass is 16.7. The number of allylic oxidation sites excluding steroid dienone is 15. The number of carbonyl (C=O) groups is 2. The molecule has 8 atom stereocenters. The fraction of sp³-hybridized carbons (Fsp3) is 0.673. The molecule has 0 aliphatic carbocycles. The lowest BCUT2D eigenvalue weighted by Crippen LogP contribution is -2.61. The molecule has 0 aromatic carbocycles. The Hall–Kier alpha value is -3.42. The minimum Gasteiger partial charge on any atom is -0.454 e. The summed E-state index contributed by atoms with van der Waals surface area (Å²) in [6.45, 7) is 5.43. The molecule has 1 aliphatic rings. The topological polar surface area (TPSA) is 175 Å². The molecular formula is C55H91NO10. The third-order valence-electron chi connectivity index (χ3n) is 11.3. The molecule has 1 fully saturated rings. The Morgan fingerprint density at radius 2 is 1.17 bits per heavy atom. The molecule has 66 heavy (non-hydrogen) atoms. The molecule has 1 rings (SSSR count). The van der Waals surface area contributed by atoms with Crippen molar-refractivity contribution in [3.8, 4) is 0 Å². The second-order valence-electron chi connectivity index (χ2n) is 17.2. The van der Waals surface area contributed by atoms with Gasteiger partial charge >= 0.3 is 5.97 Å². The van der Waals surface area contributed by atoms with Crippen LogP contribution in [0.25, 0.3) is 0 Å². The van der Waals surface area contributed by atoms with E-state index in [-0.39, 0.29) is 19.4 Å². The van der Waals surface area contributed by atoms with Gasteiger partial charge in [0.25, 0.3) is 0 Å². The molecule has 0 saturated carbocycles. The molecular weight excluding hydrogens is 835 g/mol. The Balaban J connectivity index is 2.84. The van der Waals surface area contributed by atoms with E-state index in [0.717, 1.165) is 89.9 Å². The molecule has 0 spiro atoms. The first-order valence-electron chi connectivity index (χ1n) is 25.6. The lowest BCUT2D eigenvalue weighted by molar-refractivity contribution is -0.305. The summed E-state index contributed by atoms with van der Waals surface area (Å²) in [4.78, 5) is 26.3. The molecule has 8 unspecified atom stereocenters. The van der Waals surface area contributed by atoms with Crippen molar-refractivity contribution in [2.45, 2.75) is 224 Å². The van der Waals surface area contributed by atoms with Crippen molar-refractivity contribution in [1.82, 2.24) is 5.32 Å². The van der Waals surface area contributed by atoms with Crippen LogP contribution in [0.3, 0.4) is 0 Å². The van der Waals surface area contributed by atoms with E-state index in [2.05, 4.69) is 68.6 Å². The number of carbonyl (C=O) groups excluding carboxylic acids is 2. The quantitative estimate of drug-likeness (QED) is 0.0150. The number of ether oxygens (including phenoxy) is 3. The van der Waals surface area contributed by atoms with Crippen LogP contribution in [-0.2, 0) is 23.8 Å². The van der Waals surface area contributed by atoms with Gasteiger partial charge in [-0.3, -0.25) is 9.59 Å². The van der Waals surface area contributed by atoms with E-state index >= 15 is 0 Å². The van der Waals surface area contributed by atoms with Crippen molar-refractivity contribution < 1.29 is 49.3 Å². The lowest BCUT2D eigenvalue weighted by atomic mass is 9.99. The zero-order chi connectivity index (χ0) is 48.3. The predicted octanol–water partition coefficient (Wildman–Crippen LogP) is 10.4. The first-order valence-corrected chi connectivity index (χ1v) is 25.6. The van der Waals surface area contributed by atoms with Crippen LogP contribution in [0.15, 0.2) is 97.2 Å². The van der Waals surface area contributed by atoms with Gasteiger partial charge in [-0.05, 0) is 77.0 Å². The van der Waals surface area contributed by atoms with Crippen LogP contribution in [-0.4, -0.2) is 99.6 Å². The van der Waals surface area contributed by atoms with Gasteiger partial charge in [0.2, 0.25) is 5.91 Å². The van der Waals surface area contributed by atoms with Crippen molar-refractivity contribution in [2.75, 3.05) is 13.2 Å². The van der Waals surface area contributed by atoms with E-state index < -0.39 is 67.4 Å². The maximum Gasteiger partial charge on any atom is 0.306 e. The average molecular weight is 926 g/mol. The van der Waals surface area contributed by atoms with E-state index in [4.69, 9.17) is 14.2 Å². The SMILES string of the molecule is CC/C=C/C=C/C=C\C=C/CCCCC(O)C(=O)NC(COC1OC(CO)C(O)C(O)C1OC(=O)CCCCCC/C=C/C/C=C/C/C=C/CC)C(O)/C=C/CCCCCCCCCCC. The summed E-state index contributed by atoms with van der Waals surface area (Å²) in [7, 11) is 0. The molecule has 376 valence electrons. The molecule has 1 saturated heterocycles. The van der Waals surface area contributed by atoms with E-state index in [1.165, 1.54) is 38.5 Å². The molecule has 6 N–H and O–H groups in total. The Kier molecular flexibility index (Phi) is 39.4. The summed E-state index contributed by atoms with van der Waals surface area (Å²) in [6, 6.07) is -1.05. The van der Waals surface area contributed by atoms with Gasteiger partial charge < -0.3 is 45.1 Å². The van der Waals surface area contributed by atoms with Crippen LogP contribution in [0.1, 0.15) is 175 Å². The normalized spacial score (nSPS) is 21.0. The van der Waals surface area contributed by atoms with Crippen LogP contribution in [0.2, 0.25) is 0 Å². The number of rotatable bonds is 40. The second kappa shape index (κ2) is 42.9. The summed E-state index contributed by atoms with van der Waals surface area (Å²) in [5, 5.41) is 56.5. The van der Waals surface area contributed by atoms with Gasteiger partial charge in [0.1, 0.15) is 24.4 Å². The first kappa shape index (κ1) is 60.6. The highest BCUT2D eigenvalue weighted by Crippen LogP contribution is 2.26. The van der Waals surface area contributed by atoms with Crippen molar-refractivity contribution in [2.24, 2.45) is 0 Å². The fourth-order valence-corrected chi connectivity index (χ4v) is 7.26. The highest BCUT2D eigenvalue weighted by molar-refractivity contribution is 5.80. The third kappa shape index (κ3) is 31.5. The minimum atomic E-state index is -1.63. The Morgan fingerprint density at radius 1 is 0.621 bits per heavy atom. The number of esters is 1. The third-order valence-corrected chi connectivity index (χ3v) is 11.3. The number of unbranched alkanes of at least 4 members (excludes halogenated alkanes) is 15. The number of hydrogen-bond acceptors (Lipinski definition) is 10. The van der Waals surface area contributed by atoms with Crippen LogP contribution in [0.4, 0.5) is 0 Å². The average Bonchev–Trinajstić information content (AvgIpc) is 3.31. The predicted molar refractivity (Wildman–Crippen MR) is 268 cm³/mol. The molecule has 1 amide bonds. The number of aliphatic hydroxyl groups is 5. The smallest absolute Gasteiger partial charge is 0.306 e. The van der Waals surface area contributed by atoms with Gasteiger partial charge in [0.05, 0.1) is 25.4 Å². The zero-order valence-corrected chi connectivity index (χ0v) is 41.0. The second-order valence-corrected chi connectivity index (χ2v) is 17.2. The van der Waals surface area contributed by atoms with Crippen LogP contribution < -0.4 is 5.32 Å². The summed E-state index contributed by atoms with van der Waals surface area (Å²) < 4.78 is 17.4. The van der Waals surface area contributed by atoms with Crippen LogP contribution in [0, 0.1) is 0 Å². The van der Waals surface area contributed by atoms with Crippen molar-refractivity contribution in [1.29, 1.82) is 0 Å². The molecule has 1 heterocycles. The van der Waals surface area contributed by atoms with Gasteiger partial charge in [-0.1, -0.05) is 189 Å². The Morgan fingerprint density at radius 3 is 1.82 bits per heavy atom.